The standard InChI is InChI=1S/C28H30N2O4/c1-28(2,3)33-26(31)27(32)34-30-25(29)24(19-14-20-10-6-4-7-11-20)23-17-15-22(16-18-23)21-12-8-5-9-13-21/h4-13,15-18,24H,14,19H2,1-3H3,(H2,29,30)/t24-/m1/s1. The van der Waals surface area contributed by atoms with Crippen molar-refractivity contribution in [3.63, 3.8) is 0 Å². The monoisotopic (exact) mass is 458 g/mol. The van der Waals surface area contributed by atoms with Crippen molar-refractivity contribution in [3.05, 3.63) is 96.1 Å². The molecule has 0 radical (unpaired) electrons. The van der Waals surface area contributed by atoms with Crippen molar-refractivity contribution in [1.82, 2.24) is 0 Å². The first-order valence-corrected chi connectivity index (χ1v) is 11.2. The van der Waals surface area contributed by atoms with Crippen LogP contribution in [-0.4, -0.2) is 23.4 Å². The number of carbonyl (C=O) groups excluding carboxylic acids is 2. The Morgan fingerprint density at radius 2 is 1.38 bits per heavy atom. The van der Waals surface area contributed by atoms with Crippen LogP contribution in [0.15, 0.2) is 90.1 Å². The van der Waals surface area contributed by atoms with Gasteiger partial charge in [0.05, 0.1) is 0 Å². The maximum atomic E-state index is 12.0. The number of ether oxygens (including phenoxy) is 1. The van der Waals surface area contributed by atoms with Gasteiger partial charge >= 0.3 is 11.9 Å². The van der Waals surface area contributed by atoms with E-state index in [0.29, 0.717) is 6.42 Å². The van der Waals surface area contributed by atoms with Gasteiger partial charge < -0.3 is 15.3 Å². The third-order valence-corrected chi connectivity index (χ3v) is 5.14. The van der Waals surface area contributed by atoms with Gasteiger partial charge in [-0.05, 0) is 55.9 Å². The first-order valence-electron chi connectivity index (χ1n) is 11.2. The molecule has 0 spiro atoms. The van der Waals surface area contributed by atoms with Crippen LogP contribution in [0.1, 0.15) is 44.2 Å². The normalized spacial score (nSPS) is 12.6. The van der Waals surface area contributed by atoms with Crippen molar-refractivity contribution >= 4 is 17.8 Å². The summed E-state index contributed by atoms with van der Waals surface area (Å²) in [6.07, 6.45) is 1.40. The Kier molecular flexibility index (Phi) is 8.19. The third kappa shape index (κ3) is 7.30. The minimum absolute atomic E-state index is 0.111. The molecule has 0 aromatic heterocycles. The van der Waals surface area contributed by atoms with Gasteiger partial charge in [0.15, 0.2) is 0 Å². The second-order valence-electron chi connectivity index (χ2n) is 8.96. The van der Waals surface area contributed by atoms with E-state index in [-0.39, 0.29) is 11.8 Å². The molecule has 34 heavy (non-hydrogen) atoms. The number of rotatable bonds is 7. The molecular weight excluding hydrogens is 428 g/mol. The summed E-state index contributed by atoms with van der Waals surface area (Å²) in [6, 6.07) is 28.1. The predicted molar refractivity (Wildman–Crippen MR) is 133 cm³/mol. The van der Waals surface area contributed by atoms with Crippen molar-refractivity contribution in [3.8, 4) is 11.1 Å². The minimum atomic E-state index is -1.21. The second-order valence-corrected chi connectivity index (χ2v) is 8.96. The molecule has 0 bridgehead atoms. The summed E-state index contributed by atoms with van der Waals surface area (Å²) >= 11 is 0. The van der Waals surface area contributed by atoms with Crippen LogP contribution in [0.4, 0.5) is 0 Å². The Bertz CT molecular complexity index is 1120. The van der Waals surface area contributed by atoms with Gasteiger partial charge in [0.2, 0.25) is 0 Å². The molecule has 6 heteroatoms. The van der Waals surface area contributed by atoms with Gasteiger partial charge in [0.25, 0.3) is 0 Å². The topological polar surface area (TPSA) is 91.0 Å². The summed E-state index contributed by atoms with van der Waals surface area (Å²) in [7, 11) is 0. The number of carbonyl (C=O) groups is 2. The van der Waals surface area contributed by atoms with Crippen LogP contribution in [0.2, 0.25) is 0 Å². The van der Waals surface area contributed by atoms with Crippen molar-refractivity contribution in [1.29, 1.82) is 0 Å². The van der Waals surface area contributed by atoms with Crippen LogP contribution >= 0.6 is 0 Å². The smallest absolute Gasteiger partial charge is 0.443 e. The molecule has 3 aromatic carbocycles. The summed E-state index contributed by atoms with van der Waals surface area (Å²) in [4.78, 5) is 28.7. The zero-order valence-electron chi connectivity index (χ0n) is 19.7. The van der Waals surface area contributed by atoms with E-state index in [1.807, 2.05) is 84.9 Å². The largest absolute Gasteiger partial charge is 0.451 e. The fourth-order valence-electron chi connectivity index (χ4n) is 3.49. The molecule has 0 aliphatic carbocycles. The SMILES string of the molecule is CC(C)(C)OC(=O)C(=O)ON=C(N)[C@H](CCc1ccccc1)c1ccc(-c2ccccc2)cc1. The summed E-state index contributed by atoms with van der Waals surface area (Å²) < 4.78 is 5.01. The zero-order chi connectivity index (χ0) is 24.6. The molecule has 0 fully saturated rings. The zero-order valence-corrected chi connectivity index (χ0v) is 19.7. The van der Waals surface area contributed by atoms with E-state index in [1.165, 1.54) is 0 Å². The lowest BCUT2D eigenvalue weighted by Gasteiger charge is -2.18. The number of esters is 1. The Labute approximate surface area is 200 Å². The highest BCUT2D eigenvalue weighted by Gasteiger charge is 2.25. The van der Waals surface area contributed by atoms with Gasteiger partial charge in [-0.3, -0.25) is 0 Å². The van der Waals surface area contributed by atoms with Gasteiger partial charge in [-0.2, -0.15) is 0 Å². The van der Waals surface area contributed by atoms with E-state index in [9.17, 15) is 9.59 Å². The highest BCUT2D eigenvalue weighted by Crippen LogP contribution is 2.26. The summed E-state index contributed by atoms with van der Waals surface area (Å²) in [6.45, 7) is 4.98. The number of aryl methyl sites for hydroxylation is 1. The fourth-order valence-corrected chi connectivity index (χ4v) is 3.49. The Balaban J connectivity index is 1.79. The summed E-state index contributed by atoms with van der Waals surface area (Å²) in [5, 5.41) is 3.79. The number of nitrogens with zero attached hydrogens (tertiary/aromatic N) is 1. The average Bonchev–Trinajstić information content (AvgIpc) is 2.83. The van der Waals surface area contributed by atoms with Crippen LogP contribution in [-0.2, 0) is 25.6 Å². The molecule has 0 unspecified atom stereocenters. The summed E-state index contributed by atoms with van der Waals surface area (Å²) in [5.74, 6) is -2.52. The molecule has 0 heterocycles. The van der Waals surface area contributed by atoms with Gasteiger partial charge in [-0.25, -0.2) is 9.59 Å². The van der Waals surface area contributed by atoms with E-state index >= 15 is 0 Å². The molecule has 0 saturated carbocycles. The van der Waals surface area contributed by atoms with Crippen LogP contribution in [0.3, 0.4) is 0 Å². The quantitative estimate of drug-likeness (QED) is 0.131. The molecular formula is C28H30N2O4. The molecule has 0 saturated heterocycles. The van der Waals surface area contributed by atoms with Crippen molar-refractivity contribution in [2.24, 2.45) is 10.9 Å². The molecule has 3 rings (SSSR count). The third-order valence-electron chi connectivity index (χ3n) is 5.14. The number of amidine groups is 1. The second kappa shape index (κ2) is 11.3. The predicted octanol–water partition coefficient (Wildman–Crippen LogP) is 5.23. The van der Waals surface area contributed by atoms with Gasteiger partial charge in [0.1, 0.15) is 11.4 Å². The molecule has 2 N–H and O–H groups in total. The Hall–Kier alpha value is -3.93. The number of hydrogen-bond donors (Lipinski definition) is 1. The number of oxime groups is 1. The van der Waals surface area contributed by atoms with Crippen LogP contribution < -0.4 is 5.73 Å². The van der Waals surface area contributed by atoms with E-state index < -0.39 is 17.5 Å². The number of benzene rings is 3. The van der Waals surface area contributed by atoms with E-state index in [0.717, 1.165) is 28.7 Å². The average molecular weight is 459 g/mol. The number of hydrogen-bond acceptors (Lipinski definition) is 5. The first-order chi connectivity index (χ1) is 16.2. The minimum Gasteiger partial charge on any atom is -0.451 e. The molecule has 6 nitrogen and oxygen atoms in total. The van der Waals surface area contributed by atoms with Crippen LogP contribution in [0.5, 0.6) is 0 Å². The van der Waals surface area contributed by atoms with Crippen LogP contribution in [0, 0.1) is 0 Å². The highest BCUT2D eigenvalue weighted by atomic mass is 16.7. The highest BCUT2D eigenvalue weighted by molar-refractivity contribution is 6.29. The molecule has 176 valence electrons. The first kappa shape index (κ1) is 24.7. The lowest BCUT2D eigenvalue weighted by atomic mass is 9.90. The molecule has 0 aliphatic heterocycles. The molecule has 3 aromatic rings. The molecule has 0 aliphatic rings. The summed E-state index contributed by atoms with van der Waals surface area (Å²) in [5.41, 5.74) is 9.73. The Morgan fingerprint density at radius 1 is 0.824 bits per heavy atom. The van der Waals surface area contributed by atoms with Gasteiger partial charge in [-0.1, -0.05) is 90.1 Å². The lowest BCUT2D eigenvalue weighted by Crippen LogP contribution is -2.30. The van der Waals surface area contributed by atoms with E-state index in [2.05, 4.69) is 5.16 Å². The maximum Gasteiger partial charge on any atom is 0.443 e. The maximum absolute atomic E-state index is 12.0. The van der Waals surface area contributed by atoms with E-state index in [4.69, 9.17) is 15.3 Å². The molecule has 1 atom stereocenters. The van der Waals surface area contributed by atoms with E-state index in [1.54, 1.807) is 20.8 Å². The van der Waals surface area contributed by atoms with Gasteiger partial charge in [0, 0.05) is 5.92 Å². The van der Waals surface area contributed by atoms with Gasteiger partial charge in [-0.15, -0.1) is 0 Å². The lowest BCUT2D eigenvalue weighted by molar-refractivity contribution is -0.174. The van der Waals surface area contributed by atoms with Crippen molar-refractivity contribution in [2.75, 3.05) is 0 Å². The molecule has 0 amide bonds. The van der Waals surface area contributed by atoms with Crippen molar-refractivity contribution in [2.45, 2.75) is 45.1 Å². The fraction of sp³-hybridized carbons (Fsp3) is 0.250. The van der Waals surface area contributed by atoms with Crippen molar-refractivity contribution < 1.29 is 19.2 Å². The number of nitrogens with two attached hydrogens (primary N) is 1. The van der Waals surface area contributed by atoms with Crippen LogP contribution in [0.25, 0.3) is 11.1 Å². The Morgan fingerprint density at radius 3 is 1.97 bits per heavy atom.